The van der Waals surface area contributed by atoms with Crippen LogP contribution in [0.25, 0.3) is 5.82 Å². The van der Waals surface area contributed by atoms with Crippen LogP contribution in [0.4, 0.5) is 5.82 Å². The number of nitrogens with two attached hydrogens (primary N) is 2. The van der Waals surface area contributed by atoms with Crippen molar-refractivity contribution >= 4 is 17.5 Å². The predicted octanol–water partition coefficient (Wildman–Crippen LogP) is 1.78. The average Bonchev–Trinajstić information content (AvgIpc) is 3.18. The quantitative estimate of drug-likeness (QED) is 0.408. The number of aromatic nitrogens is 1. The first-order valence-electron chi connectivity index (χ1n) is 9.53. The predicted molar refractivity (Wildman–Crippen MR) is 110 cm³/mol. The molecular weight excluding hydrogens is 356 g/mol. The summed E-state index contributed by atoms with van der Waals surface area (Å²) in [4.78, 5) is 14.9. The number of amides is 1. The fraction of sp³-hybridized carbons (Fsp3) is 0.350. The first kappa shape index (κ1) is 19.8. The third kappa shape index (κ3) is 5.28. The van der Waals surface area contributed by atoms with Crippen LogP contribution in [0, 0.1) is 0 Å². The van der Waals surface area contributed by atoms with Gasteiger partial charge in [-0.2, -0.15) is 0 Å². The molecule has 8 heteroatoms. The number of hydrogen-bond acceptors (Lipinski definition) is 6. The molecule has 6 N–H and O–H groups in total. The monoisotopic (exact) mass is 384 g/mol. The zero-order valence-corrected chi connectivity index (χ0v) is 15.9. The molecular formula is C20H28N6O2. The molecule has 1 aliphatic heterocycles. The number of nitrogens with zero attached hydrogens (tertiary/aromatic N) is 2. The molecule has 2 aromatic rings. The molecule has 0 aliphatic carbocycles. The molecule has 1 aliphatic rings. The minimum Gasteiger partial charge on any atom is -0.492 e. The molecule has 0 saturated carbocycles. The number of ether oxygens (including phenoxy) is 1. The first-order valence-corrected chi connectivity index (χ1v) is 9.53. The Bertz CT molecular complexity index is 793. The summed E-state index contributed by atoms with van der Waals surface area (Å²) in [6, 6.07) is 10.7. The van der Waals surface area contributed by atoms with Crippen molar-refractivity contribution in [2.24, 2.45) is 11.6 Å². The largest absolute Gasteiger partial charge is 0.492 e. The summed E-state index contributed by atoms with van der Waals surface area (Å²) in [5.74, 6) is 6.69. The minimum atomic E-state index is -0.228. The Morgan fingerprint density at radius 2 is 1.89 bits per heavy atom. The number of anilines is 1. The highest BCUT2D eigenvalue weighted by atomic mass is 16.5. The molecule has 1 saturated heterocycles. The molecule has 3 rings (SSSR count). The lowest BCUT2D eigenvalue weighted by Crippen LogP contribution is -2.33. The van der Waals surface area contributed by atoms with E-state index in [0.717, 1.165) is 25.4 Å². The number of hydrogen-bond donors (Lipinski definition) is 4. The molecule has 150 valence electrons. The Morgan fingerprint density at radius 1 is 1.14 bits per heavy atom. The molecule has 1 amide bonds. The lowest BCUT2D eigenvalue weighted by Gasteiger charge is -2.26. The zero-order valence-electron chi connectivity index (χ0n) is 15.9. The maximum absolute atomic E-state index is 12.5. The van der Waals surface area contributed by atoms with Crippen LogP contribution in [0.15, 0.2) is 48.8 Å². The van der Waals surface area contributed by atoms with Crippen LogP contribution in [-0.4, -0.2) is 41.6 Å². The van der Waals surface area contributed by atoms with Crippen molar-refractivity contribution in [2.45, 2.75) is 19.3 Å². The fourth-order valence-electron chi connectivity index (χ4n) is 3.23. The van der Waals surface area contributed by atoms with E-state index in [9.17, 15) is 4.79 Å². The summed E-state index contributed by atoms with van der Waals surface area (Å²) in [5, 5.41) is 2.84. The maximum atomic E-state index is 12.5. The van der Waals surface area contributed by atoms with Crippen LogP contribution in [0.1, 0.15) is 29.6 Å². The van der Waals surface area contributed by atoms with Crippen molar-refractivity contribution in [2.75, 3.05) is 31.6 Å². The average molecular weight is 384 g/mol. The van der Waals surface area contributed by atoms with E-state index in [1.165, 1.54) is 25.5 Å². The molecule has 1 aromatic heterocycles. The number of hydrazine groups is 1. The van der Waals surface area contributed by atoms with Gasteiger partial charge in [-0.3, -0.25) is 20.1 Å². The molecule has 0 atom stereocenters. The van der Waals surface area contributed by atoms with E-state index >= 15 is 0 Å². The number of rotatable bonds is 8. The summed E-state index contributed by atoms with van der Waals surface area (Å²) in [5.41, 5.74) is 8.81. The van der Waals surface area contributed by atoms with Gasteiger partial charge < -0.3 is 21.2 Å². The Hall–Kier alpha value is -2.97. The molecule has 0 radical (unpaired) electrons. The molecule has 1 aromatic carbocycles. The number of carbonyl (C=O) groups is 1. The van der Waals surface area contributed by atoms with Crippen molar-refractivity contribution in [1.82, 2.24) is 14.9 Å². The van der Waals surface area contributed by atoms with Gasteiger partial charge >= 0.3 is 0 Å². The van der Waals surface area contributed by atoms with Gasteiger partial charge in [-0.05, 0) is 62.3 Å². The van der Waals surface area contributed by atoms with Crippen LogP contribution in [-0.2, 0) is 0 Å². The fourth-order valence-corrected chi connectivity index (χ4v) is 3.23. The van der Waals surface area contributed by atoms with Gasteiger partial charge in [0, 0.05) is 18.3 Å². The molecule has 0 unspecified atom stereocenters. The van der Waals surface area contributed by atoms with Gasteiger partial charge in [0.1, 0.15) is 24.0 Å². The van der Waals surface area contributed by atoms with Crippen molar-refractivity contribution in [3.05, 3.63) is 54.4 Å². The summed E-state index contributed by atoms with van der Waals surface area (Å²) < 4.78 is 7.43. The Kier molecular flexibility index (Phi) is 6.94. The Balaban J connectivity index is 1.52. The number of likely N-dealkylation sites (tertiary alicyclic amines) is 1. The van der Waals surface area contributed by atoms with Crippen LogP contribution in [0.2, 0.25) is 0 Å². The second kappa shape index (κ2) is 9.82. The van der Waals surface area contributed by atoms with Gasteiger partial charge in [-0.25, -0.2) is 0 Å². The summed E-state index contributed by atoms with van der Waals surface area (Å²) in [7, 11) is 0. The van der Waals surface area contributed by atoms with E-state index in [1.807, 2.05) is 12.1 Å². The van der Waals surface area contributed by atoms with Crippen molar-refractivity contribution in [3.63, 3.8) is 0 Å². The minimum absolute atomic E-state index is 0.228. The first-order chi connectivity index (χ1) is 13.7. The number of benzene rings is 1. The lowest BCUT2D eigenvalue weighted by atomic mass is 10.1. The van der Waals surface area contributed by atoms with Gasteiger partial charge in [0.15, 0.2) is 0 Å². The Morgan fingerprint density at radius 3 is 2.61 bits per heavy atom. The molecule has 0 bridgehead atoms. The van der Waals surface area contributed by atoms with E-state index in [0.29, 0.717) is 23.8 Å². The van der Waals surface area contributed by atoms with Gasteiger partial charge in [0.05, 0.1) is 6.20 Å². The normalized spacial score (nSPS) is 15.2. The highest BCUT2D eigenvalue weighted by molar-refractivity contribution is 6.04. The summed E-state index contributed by atoms with van der Waals surface area (Å²) >= 11 is 0. The van der Waals surface area contributed by atoms with E-state index in [4.69, 9.17) is 16.3 Å². The molecule has 8 nitrogen and oxygen atoms in total. The molecule has 2 heterocycles. The van der Waals surface area contributed by atoms with E-state index in [-0.39, 0.29) is 5.91 Å². The number of piperidine rings is 1. The zero-order chi connectivity index (χ0) is 19.8. The van der Waals surface area contributed by atoms with E-state index in [2.05, 4.69) is 15.6 Å². The summed E-state index contributed by atoms with van der Waals surface area (Å²) in [6.07, 6.45) is 7.05. The SMILES string of the molecule is NN/C=C(\N)n1cccc1NC(=O)c1ccc(OCCN2CCCCC2)cc1. The topological polar surface area (TPSA) is 111 Å². The number of nitrogens with one attached hydrogen (secondary N) is 2. The van der Waals surface area contributed by atoms with Crippen LogP contribution >= 0.6 is 0 Å². The van der Waals surface area contributed by atoms with E-state index < -0.39 is 0 Å². The standard InChI is InChI=1S/C20H28N6O2/c21-18(15-23-22)26-12-4-5-19(26)24-20(27)16-6-8-17(9-7-16)28-14-13-25-10-2-1-3-11-25/h4-9,12,15,23H,1-3,10-11,13-14,21-22H2,(H,24,27)/b18-15+. The van der Waals surface area contributed by atoms with Crippen LogP contribution < -0.4 is 27.1 Å². The third-order valence-corrected chi connectivity index (χ3v) is 4.74. The molecule has 1 fully saturated rings. The van der Waals surface area contributed by atoms with Gasteiger partial charge in [-0.15, -0.1) is 0 Å². The smallest absolute Gasteiger partial charge is 0.256 e. The van der Waals surface area contributed by atoms with E-state index in [1.54, 1.807) is 35.0 Å². The van der Waals surface area contributed by atoms with Gasteiger partial charge in [0.25, 0.3) is 5.91 Å². The van der Waals surface area contributed by atoms with Crippen LogP contribution in [0.3, 0.4) is 0 Å². The van der Waals surface area contributed by atoms with Gasteiger partial charge in [-0.1, -0.05) is 6.42 Å². The molecule has 0 spiro atoms. The number of carbonyl (C=O) groups excluding carboxylic acids is 1. The van der Waals surface area contributed by atoms with Crippen molar-refractivity contribution in [1.29, 1.82) is 0 Å². The highest BCUT2D eigenvalue weighted by Gasteiger charge is 2.11. The van der Waals surface area contributed by atoms with Crippen LogP contribution in [0.5, 0.6) is 5.75 Å². The summed E-state index contributed by atoms with van der Waals surface area (Å²) in [6.45, 7) is 3.90. The second-order valence-electron chi connectivity index (χ2n) is 6.73. The molecule has 28 heavy (non-hydrogen) atoms. The van der Waals surface area contributed by atoms with Crippen molar-refractivity contribution < 1.29 is 9.53 Å². The third-order valence-electron chi connectivity index (χ3n) is 4.74. The van der Waals surface area contributed by atoms with Gasteiger partial charge in [0.2, 0.25) is 0 Å². The van der Waals surface area contributed by atoms with Crippen molar-refractivity contribution in [3.8, 4) is 5.75 Å². The second-order valence-corrected chi connectivity index (χ2v) is 6.73. The lowest BCUT2D eigenvalue weighted by molar-refractivity contribution is 0.102. The highest BCUT2D eigenvalue weighted by Crippen LogP contribution is 2.17. The maximum Gasteiger partial charge on any atom is 0.256 e. The Labute approximate surface area is 165 Å².